The largest absolute Gasteiger partial charge is 0.333 e. The van der Waals surface area contributed by atoms with Crippen molar-refractivity contribution >= 4 is 11.8 Å². The summed E-state index contributed by atoms with van der Waals surface area (Å²) >= 11 is 2.07. The van der Waals surface area contributed by atoms with Crippen LogP contribution in [0.4, 0.5) is 0 Å². The van der Waals surface area contributed by atoms with Crippen LogP contribution in [0.5, 0.6) is 0 Å². The number of rotatable bonds is 0. The highest BCUT2D eigenvalue weighted by Gasteiger charge is 2.23. The lowest BCUT2D eigenvalue weighted by Gasteiger charge is -2.17. The van der Waals surface area contributed by atoms with Crippen molar-refractivity contribution in [3.63, 3.8) is 0 Å². The molecule has 1 aliphatic heterocycles. The van der Waals surface area contributed by atoms with E-state index in [1.807, 2.05) is 0 Å². The highest BCUT2D eigenvalue weighted by molar-refractivity contribution is 7.99. The summed E-state index contributed by atoms with van der Waals surface area (Å²) in [4.78, 5) is 0. The van der Waals surface area contributed by atoms with Gasteiger partial charge in [-0.3, -0.25) is 0 Å². The Morgan fingerprint density at radius 2 is 1.23 bits per heavy atom. The first-order valence-corrected chi connectivity index (χ1v) is 5.93. The second kappa shape index (κ2) is 5.06. The Morgan fingerprint density at radius 1 is 0.923 bits per heavy atom. The van der Waals surface area contributed by atoms with Crippen molar-refractivity contribution in [2.24, 2.45) is 16.6 Å². The molecule has 0 aromatic rings. The van der Waals surface area contributed by atoms with E-state index in [0.29, 0.717) is 10.8 Å². The average Bonchev–Trinajstić information content (AvgIpc) is 2.15. The lowest BCUT2D eigenvalue weighted by atomic mass is 9.89. The molecule has 0 spiro atoms. The maximum absolute atomic E-state index is 4.50. The molecule has 0 aliphatic carbocycles. The Morgan fingerprint density at radius 3 is 1.54 bits per heavy atom. The highest BCUT2D eigenvalue weighted by Crippen LogP contribution is 2.34. The van der Waals surface area contributed by atoms with Crippen molar-refractivity contribution in [2.45, 2.75) is 27.7 Å². The third-order valence-corrected chi connectivity index (χ3v) is 3.83. The quantitative estimate of drug-likeness (QED) is 0.610. The van der Waals surface area contributed by atoms with Crippen LogP contribution in [0, 0.1) is 10.8 Å². The molecule has 1 aliphatic rings. The van der Waals surface area contributed by atoms with Crippen molar-refractivity contribution in [3.8, 4) is 0 Å². The van der Waals surface area contributed by atoms with Crippen LogP contribution in [0.2, 0.25) is 0 Å². The van der Waals surface area contributed by atoms with Gasteiger partial charge < -0.3 is 5.73 Å². The van der Waals surface area contributed by atoms with Gasteiger partial charge in [0.1, 0.15) is 0 Å². The monoisotopic (exact) mass is 201 g/mol. The molecular weight excluding hydrogens is 178 g/mol. The Balaban J connectivity index is 0.000000671. The van der Waals surface area contributed by atoms with Gasteiger partial charge >= 0.3 is 0 Å². The predicted octanol–water partition coefficient (Wildman–Crippen LogP) is 2.92. The van der Waals surface area contributed by atoms with E-state index in [1.54, 1.807) is 0 Å². The minimum Gasteiger partial charge on any atom is -0.333 e. The first-order valence-electron chi connectivity index (χ1n) is 4.77. The number of nitrogens with two attached hydrogens (primary N) is 1. The Hall–Kier alpha value is 0.0500. The molecule has 2 N–H and O–H groups in total. The van der Waals surface area contributed by atoms with Crippen LogP contribution < -0.4 is 5.73 Å². The van der Waals surface area contributed by atoms with Crippen molar-refractivity contribution in [3.05, 3.63) is 12.2 Å². The fraction of sp³-hybridized carbons (Fsp3) is 0.818. The molecule has 0 bridgehead atoms. The minimum atomic E-state index is 0.401. The second-order valence-corrected chi connectivity index (χ2v) is 5.79. The third kappa shape index (κ3) is 5.37. The summed E-state index contributed by atoms with van der Waals surface area (Å²) in [6.45, 7) is 9.21. The molecular formula is C11H23NS. The van der Waals surface area contributed by atoms with Gasteiger partial charge in [0.25, 0.3) is 0 Å². The summed E-state index contributed by atoms with van der Waals surface area (Å²) in [5.41, 5.74) is 5.30. The fourth-order valence-electron chi connectivity index (χ4n) is 1.12. The van der Waals surface area contributed by atoms with Crippen molar-refractivity contribution < 1.29 is 0 Å². The zero-order chi connectivity index (χ0) is 10.5. The normalized spacial score (nSPS) is 24.2. The van der Waals surface area contributed by atoms with Gasteiger partial charge in [0, 0.05) is 11.5 Å². The molecule has 0 atom stereocenters. The summed E-state index contributed by atoms with van der Waals surface area (Å²) in [5, 5.41) is 0. The van der Waals surface area contributed by atoms with Crippen molar-refractivity contribution in [1.82, 2.24) is 0 Å². The van der Waals surface area contributed by atoms with E-state index in [2.05, 4.69) is 57.3 Å². The first-order chi connectivity index (χ1) is 5.91. The molecule has 1 heterocycles. The molecule has 1 nitrogen and oxygen atoms in total. The Bertz CT molecular complexity index is 153. The summed E-state index contributed by atoms with van der Waals surface area (Å²) in [6.07, 6.45) is 4.74. The summed E-state index contributed by atoms with van der Waals surface area (Å²) in [7, 11) is 1.50. The van der Waals surface area contributed by atoms with Crippen LogP contribution >= 0.6 is 11.8 Å². The molecule has 0 aromatic carbocycles. The minimum absolute atomic E-state index is 0.401. The number of allylic oxidation sites excluding steroid dienone is 2. The van der Waals surface area contributed by atoms with E-state index in [4.69, 9.17) is 0 Å². The summed E-state index contributed by atoms with van der Waals surface area (Å²) in [5.74, 6) is 2.51. The number of hydrogen-bond donors (Lipinski definition) is 1. The lowest BCUT2D eigenvalue weighted by molar-refractivity contribution is 0.531. The molecule has 0 saturated carbocycles. The smallest absolute Gasteiger partial charge is 0.00189 e. The van der Waals surface area contributed by atoms with Gasteiger partial charge in [-0.25, -0.2) is 0 Å². The highest BCUT2D eigenvalue weighted by atomic mass is 32.2. The van der Waals surface area contributed by atoms with Gasteiger partial charge in [0.05, 0.1) is 0 Å². The molecule has 0 saturated heterocycles. The van der Waals surface area contributed by atoms with E-state index in [9.17, 15) is 0 Å². The fourth-order valence-corrected chi connectivity index (χ4v) is 2.47. The molecule has 78 valence electrons. The summed E-state index contributed by atoms with van der Waals surface area (Å²) in [6, 6.07) is 0. The van der Waals surface area contributed by atoms with Gasteiger partial charge in [-0.15, -0.1) is 0 Å². The number of thioether (sulfide) groups is 1. The van der Waals surface area contributed by atoms with Crippen molar-refractivity contribution in [1.29, 1.82) is 0 Å². The molecule has 2 heteroatoms. The third-order valence-electron chi connectivity index (χ3n) is 1.93. The van der Waals surface area contributed by atoms with E-state index >= 15 is 0 Å². The maximum atomic E-state index is 4.50. The van der Waals surface area contributed by atoms with Crippen molar-refractivity contribution in [2.75, 3.05) is 18.6 Å². The molecule has 0 unspecified atom stereocenters. The van der Waals surface area contributed by atoms with Crippen LogP contribution in [0.3, 0.4) is 0 Å². The van der Waals surface area contributed by atoms with Gasteiger partial charge in [0.2, 0.25) is 0 Å². The predicted molar refractivity (Wildman–Crippen MR) is 64.1 cm³/mol. The zero-order valence-corrected chi connectivity index (χ0v) is 10.4. The zero-order valence-electron chi connectivity index (χ0n) is 9.55. The lowest BCUT2D eigenvalue weighted by Crippen LogP contribution is -2.09. The SMILES string of the molecule is CC1(C)C=CC(C)(C)CSC1.CN. The van der Waals surface area contributed by atoms with Crippen LogP contribution in [-0.2, 0) is 0 Å². The topological polar surface area (TPSA) is 26.0 Å². The molecule has 13 heavy (non-hydrogen) atoms. The van der Waals surface area contributed by atoms with Crippen LogP contribution in [0.15, 0.2) is 12.2 Å². The Kier molecular flexibility index (Phi) is 5.08. The van der Waals surface area contributed by atoms with Crippen LogP contribution in [0.1, 0.15) is 27.7 Å². The standard InChI is InChI=1S/C10H18S.CH5N/c1-9(2)5-6-10(3,4)8-11-7-9;1-2/h5-6H,7-8H2,1-4H3;2H2,1H3. The van der Waals surface area contributed by atoms with Crippen LogP contribution in [0.25, 0.3) is 0 Å². The van der Waals surface area contributed by atoms with E-state index in [-0.39, 0.29) is 0 Å². The van der Waals surface area contributed by atoms with Gasteiger partial charge in [-0.2, -0.15) is 11.8 Å². The van der Waals surface area contributed by atoms with Gasteiger partial charge in [0.15, 0.2) is 0 Å². The molecule has 0 fully saturated rings. The maximum Gasteiger partial charge on any atom is 0.00189 e. The van der Waals surface area contributed by atoms with E-state index in [1.165, 1.54) is 18.6 Å². The average molecular weight is 201 g/mol. The molecule has 1 rings (SSSR count). The van der Waals surface area contributed by atoms with E-state index in [0.717, 1.165) is 0 Å². The van der Waals surface area contributed by atoms with E-state index < -0.39 is 0 Å². The van der Waals surface area contributed by atoms with Gasteiger partial charge in [-0.05, 0) is 17.9 Å². The second-order valence-electron chi connectivity index (χ2n) is 4.80. The summed E-state index contributed by atoms with van der Waals surface area (Å²) < 4.78 is 0. The van der Waals surface area contributed by atoms with Gasteiger partial charge in [-0.1, -0.05) is 39.8 Å². The Labute approximate surface area is 87.2 Å². The van der Waals surface area contributed by atoms with Crippen LogP contribution in [-0.4, -0.2) is 18.6 Å². The first kappa shape index (κ1) is 13.1. The molecule has 0 radical (unpaired) electrons. The number of hydrogen-bond acceptors (Lipinski definition) is 2. The molecule has 0 amide bonds. The molecule has 0 aromatic heterocycles.